The Labute approximate surface area is 146 Å². The fraction of sp³-hybridized carbons (Fsp3) is 0.278. The zero-order valence-electron chi connectivity index (χ0n) is 14.1. The van der Waals surface area contributed by atoms with Gasteiger partial charge in [0, 0.05) is 56.5 Å². The molecule has 3 aromatic rings. The van der Waals surface area contributed by atoms with E-state index in [4.69, 9.17) is 0 Å². The first kappa shape index (κ1) is 15.4. The van der Waals surface area contributed by atoms with Crippen LogP contribution in [0.4, 0.5) is 11.8 Å². The number of rotatable bonds is 3. The molecule has 25 heavy (non-hydrogen) atoms. The average Bonchev–Trinajstić information content (AvgIpc) is 2.69. The van der Waals surface area contributed by atoms with Crippen molar-refractivity contribution in [2.45, 2.75) is 6.92 Å². The molecule has 0 amide bonds. The molecule has 0 unspecified atom stereocenters. The second-order valence-corrected chi connectivity index (χ2v) is 5.99. The number of hydrogen-bond acceptors (Lipinski definition) is 7. The topological polar surface area (TPSA) is 70.9 Å². The van der Waals surface area contributed by atoms with Gasteiger partial charge in [0.05, 0.1) is 5.69 Å². The van der Waals surface area contributed by atoms with E-state index in [-0.39, 0.29) is 0 Å². The molecule has 1 fully saturated rings. The zero-order valence-corrected chi connectivity index (χ0v) is 14.1. The molecular weight excluding hydrogens is 314 g/mol. The summed E-state index contributed by atoms with van der Waals surface area (Å²) in [5, 5.41) is 8.89. The molecule has 0 bridgehead atoms. The Balaban J connectivity index is 1.48. The first-order chi connectivity index (χ1) is 12.3. The van der Waals surface area contributed by atoms with Gasteiger partial charge in [0.1, 0.15) is 0 Å². The summed E-state index contributed by atoms with van der Waals surface area (Å²) in [6.07, 6.45) is 7.10. The minimum absolute atomic E-state index is 0.790. The summed E-state index contributed by atoms with van der Waals surface area (Å²) < 4.78 is 0. The van der Waals surface area contributed by atoms with Gasteiger partial charge in [0.15, 0.2) is 5.82 Å². The third kappa shape index (κ3) is 3.26. The predicted molar refractivity (Wildman–Crippen MR) is 96.5 cm³/mol. The third-order valence-electron chi connectivity index (χ3n) is 4.35. The van der Waals surface area contributed by atoms with Crippen molar-refractivity contribution in [2.75, 3.05) is 36.0 Å². The molecule has 3 aromatic heterocycles. The van der Waals surface area contributed by atoms with Gasteiger partial charge in [0.25, 0.3) is 0 Å². The van der Waals surface area contributed by atoms with Gasteiger partial charge in [-0.3, -0.25) is 4.98 Å². The van der Waals surface area contributed by atoms with E-state index < -0.39 is 0 Å². The monoisotopic (exact) mass is 333 g/mol. The highest BCUT2D eigenvalue weighted by Crippen LogP contribution is 2.23. The molecule has 4 heterocycles. The maximum absolute atomic E-state index is 4.48. The van der Waals surface area contributed by atoms with Crippen LogP contribution in [-0.2, 0) is 0 Å². The van der Waals surface area contributed by atoms with E-state index in [1.807, 2.05) is 18.2 Å². The number of pyridine rings is 1. The second kappa shape index (κ2) is 6.80. The normalized spacial score (nSPS) is 14.6. The van der Waals surface area contributed by atoms with E-state index >= 15 is 0 Å². The molecule has 0 atom stereocenters. The highest BCUT2D eigenvalue weighted by Gasteiger charge is 2.21. The van der Waals surface area contributed by atoms with Crippen molar-refractivity contribution >= 4 is 11.8 Å². The fourth-order valence-electron chi connectivity index (χ4n) is 3.03. The predicted octanol–water partition coefficient (Wildman–Crippen LogP) is 1.96. The van der Waals surface area contributed by atoms with Crippen LogP contribution in [0.2, 0.25) is 0 Å². The summed E-state index contributed by atoms with van der Waals surface area (Å²) in [5.74, 6) is 1.74. The lowest BCUT2D eigenvalue weighted by Gasteiger charge is -2.35. The van der Waals surface area contributed by atoms with E-state index in [9.17, 15) is 0 Å². The van der Waals surface area contributed by atoms with Crippen molar-refractivity contribution in [3.8, 4) is 11.3 Å². The van der Waals surface area contributed by atoms with Crippen LogP contribution < -0.4 is 9.80 Å². The van der Waals surface area contributed by atoms with Gasteiger partial charge >= 0.3 is 0 Å². The van der Waals surface area contributed by atoms with Gasteiger partial charge < -0.3 is 9.80 Å². The lowest BCUT2D eigenvalue weighted by atomic mass is 10.1. The van der Waals surface area contributed by atoms with Crippen LogP contribution >= 0.6 is 0 Å². The van der Waals surface area contributed by atoms with E-state index in [2.05, 4.69) is 47.9 Å². The number of anilines is 2. The Morgan fingerprint density at radius 2 is 1.52 bits per heavy atom. The molecule has 1 saturated heterocycles. The Bertz CT molecular complexity index is 831. The Morgan fingerprint density at radius 1 is 0.840 bits per heavy atom. The van der Waals surface area contributed by atoms with Crippen molar-refractivity contribution in [1.82, 2.24) is 25.1 Å². The van der Waals surface area contributed by atoms with Crippen LogP contribution in [0.1, 0.15) is 5.56 Å². The minimum Gasteiger partial charge on any atom is -0.351 e. The van der Waals surface area contributed by atoms with Crippen LogP contribution in [0.15, 0.2) is 49.1 Å². The van der Waals surface area contributed by atoms with Crippen LogP contribution in [0.3, 0.4) is 0 Å². The molecule has 0 aromatic carbocycles. The standard InChI is InChI=1S/C18H19N7/c1-14-13-16(15-3-7-19-8-4-15)22-23-17(14)24-9-11-25(12-10-24)18-20-5-2-6-21-18/h2-8,13H,9-12H2,1H3. The van der Waals surface area contributed by atoms with Gasteiger partial charge in [0.2, 0.25) is 5.95 Å². The lowest BCUT2D eigenvalue weighted by molar-refractivity contribution is 0.630. The Morgan fingerprint density at radius 3 is 2.20 bits per heavy atom. The third-order valence-corrected chi connectivity index (χ3v) is 4.35. The average molecular weight is 333 g/mol. The van der Waals surface area contributed by atoms with Crippen molar-refractivity contribution in [2.24, 2.45) is 0 Å². The highest BCUT2D eigenvalue weighted by atomic mass is 15.3. The lowest BCUT2D eigenvalue weighted by Crippen LogP contribution is -2.47. The van der Waals surface area contributed by atoms with Gasteiger partial charge in [-0.2, -0.15) is 0 Å². The summed E-state index contributed by atoms with van der Waals surface area (Å²) in [7, 11) is 0. The van der Waals surface area contributed by atoms with Crippen molar-refractivity contribution in [3.63, 3.8) is 0 Å². The summed E-state index contributed by atoms with van der Waals surface area (Å²) in [6, 6.07) is 7.82. The molecular formula is C18H19N7. The molecule has 1 aliphatic heterocycles. The maximum Gasteiger partial charge on any atom is 0.225 e. The summed E-state index contributed by atoms with van der Waals surface area (Å²) in [5.41, 5.74) is 3.04. The van der Waals surface area contributed by atoms with E-state index in [0.29, 0.717) is 0 Å². The molecule has 0 spiro atoms. The minimum atomic E-state index is 0.790. The van der Waals surface area contributed by atoms with Gasteiger partial charge in [-0.05, 0) is 36.8 Å². The molecule has 7 nitrogen and oxygen atoms in total. The number of aryl methyl sites for hydroxylation is 1. The van der Waals surface area contributed by atoms with Crippen LogP contribution in [-0.4, -0.2) is 51.3 Å². The molecule has 7 heteroatoms. The second-order valence-electron chi connectivity index (χ2n) is 5.99. The molecule has 0 N–H and O–H groups in total. The zero-order chi connectivity index (χ0) is 17.1. The molecule has 0 saturated carbocycles. The summed E-state index contributed by atoms with van der Waals surface area (Å²) in [6.45, 7) is 5.58. The molecule has 1 aliphatic rings. The van der Waals surface area contributed by atoms with Gasteiger partial charge in [-0.1, -0.05) is 0 Å². The fourth-order valence-corrected chi connectivity index (χ4v) is 3.03. The van der Waals surface area contributed by atoms with Gasteiger partial charge in [-0.15, -0.1) is 10.2 Å². The number of hydrogen-bond donors (Lipinski definition) is 0. The van der Waals surface area contributed by atoms with Crippen molar-refractivity contribution in [3.05, 3.63) is 54.6 Å². The number of nitrogens with zero attached hydrogens (tertiary/aromatic N) is 7. The number of aromatic nitrogens is 5. The molecule has 4 rings (SSSR count). The summed E-state index contributed by atoms with van der Waals surface area (Å²) in [4.78, 5) is 17.2. The van der Waals surface area contributed by atoms with Crippen molar-refractivity contribution in [1.29, 1.82) is 0 Å². The molecule has 0 aliphatic carbocycles. The first-order valence-electron chi connectivity index (χ1n) is 8.33. The van der Waals surface area contributed by atoms with E-state index in [1.54, 1.807) is 24.8 Å². The quantitative estimate of drug-likeness (QED) is 0.725. The number of piperazine rings is 1. The largest absolute Gasteiger partial charge is 0.351 e. The highest BCUT2D eigenvalue weighted by molar-refractivity contribution is 5.61. The van der Waals surface area contributed by atoms with Crippen LogP contribution in [0.25, 0.3) is 11.3 Å². The Hall–Kier alpha value is -3.09. The Kier molecular flexibility index (Phi) is 4.20. The van der Waals surface area contributed by atoms with Gasteiger partial charge in [-0.25, -0.2) is 9.97 Å². The molecule has 0 radical (unpaired) electrons. The van der Waals surface area contributed by atoms with Crippen LogP contribution in [0, 0.1) is 6.92 Å². The van der Waals surface area contributed by atoms with Crippen molar-refractivity contribution < 1.29 is 0 Å². The first-order valence-corrected chi connectivity index (χ1v) is 8.33. The SMILES string of the molecule is Cc1cc(-c2ccncc2)nnc1N1CCN(c2ncccn2)CC1. The van der Waals surface area contributed by atoms with Crippen LogP contribution in [0.5, 0.6) is 0 Å². The van der Waals surface area contributed by atoms with E-state index in [1.165, 1.54) is 0 Å². The summed E-state index contributed by atoms with van der Waals surface area (Å²) >= 11 is 0. The smallest absolute Gasteiger partial charge is 0.225 e. The van der Waals surface area contributed by atoms with E-state index in [0.717, 1.165) is 54.8 Å². The molecule has 126 valence electrons. The maximum atomic E-state index is 4.48.